The molecule has 0 aromatic heterocycles. The SMILES string of the molecule is CCc1ccccc1-c1ccc(CSc2ccc(CNCCC(=O)O)cc2)cc1C(F)(F)F. The van der Waals surface area contributed by atoms with Crippen molar-refractivity contribution in [1.82, 2.24) is 5.32 Å². The number of halogens is 3. The molecule has 0 aliphatic carbocycles. The van der Waals surface area contributed by atoms with E-state index < -0.39 is 17.7 Å². The first-order valence-corrected chi connectivity index (χ1v) is 11.7. The fourth-order valence-corrected chi connectivity index (χ4v) is 4.38. The maximum atomic E-state index is 13.9. The monoisotopic (exact) mass is 473 g/mol. The van der Waals surface area contributed by atoms with Crippen LogP contribution in [0.15, 0.2) is 71.6 Å². The molecule has 0 bridgehead atoms. The number of hydrogen-bond acceptors (Lipinski definition) is 3. The van der Waals surface area contributed by atoms with Gasteiger partial charge in [0.15, 0.2) is 0 Å². The molecule has 0 fully saturated rings. The summed E-state index contributed by atoms with van der Waals surface area (Å²) < 4.78 is 41.7. The summed E-state index contributed by atoms with van der Waals surface area (Å²) in [5, 5.41) is 11.7. The average Bonchev–Trinajstić information content (AvgIpc) is 2.80. The second-order valence-electron chi connectivity index (χ2n) is 7.64. The zero-order chi connectivity index (χ0) is 23.8. The molecule has 3 rings (SSSR count). The van der Waals surface area contributed by atoms with Gasteiger partial charge in [-0.25, -0.2) is 0 Å². The number of carbonyl (C=O) groups is 1. The molecule has 0 saturated carbocycles. The second-order valence-corrected chi connectivity index (χ2v) is 8.69. The van der Waals surface area contributed by atoms with E-state index in [1.54, 1.807) is 24.3 Å². The lowest BCUT2D eigenvalue weighted by Gasteiger charge is -2.17. The maximum Gasteiger partial charge on any atom is 0.417 e. The van der Waals surface area contributed by atoms with Crippen molar-refractivity contribution < 1.29 is 23.1 Å². The maximum absolute atomic E-state index is 13.9. The van der Waals surface area contributed by atoms with E-state index >= 15 is 0 Å². The Bertz CT molecular complexity index is 1080. The van der Waals surface area contributed by atoms with Crippen molar-refractivity contribution in [1.29, 1.82) is 0 Å². The summed E-state index contributed by atoms with van der Waals surface area (Å²) in [6.07, 6.45) is -3.71. The summed E-state index contributed by atoms with van der Waals surface area (Å²) in [6, 6.07) is 19.6. The molecule has 0 unspecified atom stereocenters. The van der Waals surface area contributed by atoms with Gasteiger partial charge in [0.1, 0.15) is 0 Å². The average molecular weight is 474 g/mol. The van der Waals surface area contributed by atoms with E-state index in [1.807, 2.05) is 43.3 Å². The predicted molar refractivity (Wildman–Crippen MR) is 126 cm³/mol. The van der Waals surface area contributed by atoms with Crippen LogP contribution in [0.25, 0.3) is 11.1 Å². The molecule has 7 heteroatoms. The van der Waals surface area contributed by atoms with E-state index in [4.69, 9.17) is 5.11 Å². The molecule has 3 aromatic rings. The number of benzene rings is 3. The molecule has 0 aliphatic rings. The zero-order valence-corrected chi connectivity index (χ0v) is 19.1. The smallest absolute Gasteiger partial charge is 0.417 e. The molecule has 0 heterocycles. The van der Waals surface area contributed by atoms with Gasteiger partial charge in [-0.15, -0.1) is 11.8 Å². The van der Waals surface area contributed by atoms with Crippen molar-refractivity contribution in [3.63, 3.8) is 0 Å². The van der Waals surface area contributed by atoms with Crippen molar-refractivity contribution in [2.75, 3.05) is 6.54 Å². The number of thioether (sulfide) groups is 1. The lowest BCUT2D eigenvalue weighted by atomic mass is 9.93. The van der Waals surface area contributed by atoms with Gasteiger partial charge >= 0.3 is 12.1 Å². The molecule has 0 saturated heterocycles. The summed E-state index contributed by atoms with van der Waals surface area (Å²) >= 11 is 1.48. The number of aliphatic carboxylic acids is 1. The fraction of sp³-hybridized carbons (Fsp3) is 0.269. The highest BCUT2D eigenvalue weighted by molar-refractivity contribution is 7.98. The molecule has 0 radical (unpaired) electrons. The van der Waals surface area contributed by atoms with Crippen LogP contribution in [-0.2, 0) is 29.7 Å². The largest absolute Gasteiger partial charge is 0.481 e. The molecule has 0 aliphatic heterocycles. The number of carboxylic acid groups (broad SMARTS) is 1. The van der Waals surface area contributed by atoms with Gasteiger partial charge in [0.25, 0.3) is 0 Å². The number of hydrogen-bond donors (Lipinski definition) is 2. The highest BCUT2D eigenvalue weighted by Crippen LogP contribution is 2.39. The van der Waals surface area contributed by atoms with Crippen molar-refractivity contribution in [2.45, 2.75) is 43.1 Å². The van der Waals surface area contributed by atoms with Gasteiger partial charge in [-0.1, -0.05) is 55.5 Å². The zero-order valence-electron chi connectivity index (χ0n) is 18.3. The standard InChI is InChI=1S/C26H26F3NO2S/c1-2-20-5-3-4-6-22(20)23-12-9-19(15-24(23)26(27,28)29)17-33-21-10-7-18(8-11-21)16-30-14-13-25(31)32/h3-12,15,30H,2,13-14,16-17H2,1H3,(H,31,32). The molecule has 2 N–H and O–H groups in total. The highest BCUT2D eigenvalue weighted by Gasteiger charge is 2.34. The molecule has 0 atom stereocenters. The Hall–Kier alpha value is -2.77. The summed E-state index contributed by atoms with van der Waals surface area (Å²) in [5.74, 6) is -0.417. The van der Waals surface area contributed by atoms with E-state index in [9.17, 15) is 18.0 Å². The minimum atomic E-state index is -4.44. The lowest BCUT2D eigenvalue weighted by molar-refractivity contribution is -0.137. The Labute approximate surface area is 196 Å². The van der Waals surface area contributed by atoms with E-state index in [-0.39, 0.29) is 12.0 Å². The van der Waals surface area contributed by atoms with Crippen LogP contribution in [0.1, 0.15) is 35.6 Å². The third-order valence-electron chi connectivity index (χ3n) is 5.25. The van der Waals surface area contributed by atoms with Crippen molar-refractivity contribution in [2.24, 2.45) is 0 Å². The van der Waals surface area contributed by atoms with Crippen LogP contribution < -0.4 is 5.32 Å². The molecule has 33 heavy (non-hydrogen) atoms. The highest BCUT2D eigenvalue weighted by atomic mass is 32.2. The minimum absolute atomic E-state index is 0.0661. The van der Waals surface area contributed by atoms with Crippen LogP contribution in [0.4, 0.5) is 13.2 Å². The summed E-state index contributed by atoms with van der Waals surface area (Å²) in [5.41, 5.74) is 2.76. The Balaban J connectivity index is 1.70. The van der Waals surface area contributed by atoms with Gasteiger partial charge in [-0.05, 0) is 52.4 Å². The molecule has 3 aromatic carbocycles. The van der Waals surface area contributed by atoms with Crippen LogP contribution in [-0.4, -0.2) is 17.6 Å². The normalized spacial score (nSPS) is 11.5. The first-order chi connectivity index (χ1) is 15.8. The Morgan fingerprint density at radius 3 is 2.33 bits per heavy atom. The minimum Gasteiger partial charge on any atom is -0.481 e. The van der Waals surface area contributed by atoms with E-state index in [2.05, 4.69) is 5.32 Å². The molecule has 3 nitrogen and oxygen atoms in total. The van der Waals surface area contributed by atoms with Gasteiger partial charge in [0.05, 0.1) is 12.0 Å². The van der Waals surface area contributed by atoms with Crippen LogP contribution in [0.3, 0.4) is 0 Å². The van der Waals surface area contributed by atoms with Crippen molar-refractivity contribution in [3.05, 3.63) is 89.0 Å². The van der Waals surface area contributed by atoms with Crippen LogP contribution in [0.5, 0.6) is 0 Å². The molecular formula is C26H26F3NO2S. The molecular weight excluding hydrogens is 447 g/mol. The van der Waals surface area contributed by atoms with Gasteiger partial charge in [0, 0.05) is 23.7 Å². The third-order valence-corrected chi connectivity index (χ3v) is 6.33. The van der Waals surface area contributed by atoms with Gasteiger partial charge < -0.3 is 10.4 Å². The Morgan fingerprint density at radius 2 is 1.67 bits per heavy atom. The van der Waals surface area contributed by atoms with Crippen LogP contribution >= 0.6 is 11.8 Å². The van der Waals surface area contributed by atoms with Crippen LogP contribution in [0.2, 0.25) is 0 Å². The summed E-state index contributed by atoms with van der Waals surface area (Å²) in [7, 11) is 0. The molecule has 0 amide bonds. The number of rotatable bonds is 10. The van der Waals surface area contributed by atoms with E-state index in [1.165, 1.54) is 17.8 Å². The molecule has 174 valence electrons. The van der Waals surface area contributed by atoms with Crippen molar-refractivity contribution in [3.8, 4) is 11.1 Å². The first kappa shape index (κ1) is 24.9. The van der Waals surface area contributed by atoms with Gasteiger partial charge in [-0.3, -0.25) is 4.79 Å². The van der Waals surface area contributed by atoms with Crippen molar-refractivity contribution >= 4 is 17.7 Å². The second kappa shape index (κ2) is 11.4. The van der Waals surface area contributed by atoms with Gasteiger partial charge in [0.2, 0.25) is 0 Å². The quantitative estimate of drug-likeness (QED) is 0.251. The topological polar surface area (TPSA) is 49.3 Å². The number of nitrogens with one attached hydrogen (secondary N) is 1. The summed E-state index contributed by atoms with van der Waals surface area (Å²) in [6.45, 7) is 2.90. The number of carboxylic acids is 1. The number of alkyl halides is 3. The Morgan fingerprint density at radius 1 is 0.970 bits per heavy atom. The lowest BCUT2D eigenvalue weighted by Crippen LogP contribution is -2.17. The number of aryl methyl sites for hydroxylation is 1. The van der Waals surface area contributed by atoms with E-state index in [0.29, 0.717) is 36.4 Å². The third kappa shape index (κ3) is 7.11. The molecule has 0 spiro atoms. The van der Waals surface area contributed by atoms with Gasteiger partial charge in [-0.2, -0.15) is 13.2 Å². The van der Waals surface area contributed by atoms with Crippen LogP contribution in [0, 0.1) is 0 Å². The predicted octanol–water partition coefficient (Wildman–Crippen LogP) is 6.79. The summed E-state index contributed by atoms with van der Waals surface area (Å²) in [4.78, 5) is 11.5. The first-order valence-electron chi connectivity index (χ1n) is 10.7. The van der Waals surface area contributed by atoms with E-state index in [0.717, 1.165) is 16.0 Å². The Kier molecular flexibility index (Phi) is 8.58. The fourth-order valence-electron chi connectivity index (χ4n) is 3.54.